The van der Waals surface area contributed by atoms with Gasteiger partial charge in [0.05, 0.1) is 11.2 Å². The van der Waals surface area contributed by atoms with Crippen molar-refractivity contribution in [1.29, 1.82) is 0 Å². The lowest BCUT2D eigenvalue weighted by molar-refractivity contribution is 0.590. The van der Waals surface area contributed by atoms with Crippen molar-refractivity contribution in [2.75, 3.05) is 10.2 Å². The zero-order valence-corrected chi connectivity index (χ0v) is 49.8. The van der Waals surface area contributed by atoms with Gasteiger partial charge in [0.15, 0.2) is 0 Å². The normalized spacial score (nSPS) is 13.2. The smallest absolute Gasteiger partial charge is 0.211 e. The Hall–Kier alpha value is -7.16. The molecule has 7 heteroatoms. The average molecular weight is 1080 g/mol. The largest absolute Gasteiger partial charge is 0.355 e. The van der Waals surface area contributed by atoms with Gasteiger partial charge in [0.25, 0.3) is 0 Å². The van der Waals surface area contributed by atoms with Crippen molar-refractivity contribution in [1.82, 2.24) is 4.57 Å². The molecule has 1 aliphatic rings. The van der Waals surface area contributed by atoms with Gasteiger partial charge in [-0.1, -0.05) is 156 Å². The van der Waals surface area contributed by atoms with E-state index in [4.69, 9.17) is 0 Å². The summed E-state index contributed by atoms with van der Waals surface area (Å²) in [6.07, 6.45) is 0. The van der Waals surface area contributed by atoms with E-state index in [9.17, 15) is 0 Å². The van der Waals surface area contributed by atoms with E-state index in [-0.39, 0.29) is 21.7 Å². The number of anilines is 5. The number of aromatic nitrogens is 1. The van der Waals surface area contributed by atoms with Crippen LogP contribution in [0, 0.1) is 0 Å². The second-order valence-corrected chi connectivity index (χ2v) is 29.5. The number of nitrogens with one attached hydrogen (secondary N) is 1. The maximum Gasteiger partial charge on any atom is 0.211 e. The minimum atomic E-state index is 0.0131. The van der Waals surface area contributed by atoms with Crippen LogP contribution in [0.1, 0.15) is 105 Å². The Labute approximate surface area is 477 Å². The molecule has 1 radical (unpaired) electrons. The van der Waals surface area contributed by atoms with Crippen molar-refractivity contribution < 1.29 is 0 Å². The van der Waals surface area contributed by atoms with Gasteiger partial charge in [0.1, 0.15) is 0 Å². The predicted octanol–water partition coefficient (Wildman–Crippen LogP) is 20.8. The quantitative estimate of drug-likeness (QED) is 0.168. The molecule has 3 nitrogen and oxygen atoms in total. The molecule has 0 atom stereocenters. The lowest BCUT2D eigenvalue weighted by atomic mass is 9.63. The van der Waals surface area contributed by atoms with Gasteiger partial charge in [0.2, 0.25) is 7.28 Å². The molecule has 0 spiro atoms. The van der Waals surface area contributed by atoms with Gasteiger partial charge in [-0.15, -0.1) is 34.0 Å². The molecule has 0 saturated heterocycles. The number of nitrogens with zero attached hydrogens (tertiary/aromatic N) is 2. The van der Waals surface area contributed by atoms with Crippen LogP contribution in [0.25, 0.3) is 89.1 Å². The van der Waals surface area contributed by atoms with Crippen LogP contribution in [0.15, 0.2) is 170 Å². The zero-order valence-electron chi connectivity index (χ0n) is 47.4. The molecule has 0 fully saturated rings. The van der Waals surface area contributed by atoms with Gasteiger partial charge >= 0.3 is 0 Å². The van der Waals surface area contributed by atoms with Gasteiger partial charge in [-0.2, -0.15) is 0 Å². The second-order valence-electron chi connectivity index (χ2n) is 26.2. The Balaban J connectivity index is 1.01. The maximum atomic E-state index is 4.03. The minimum Gasteiger partial charge on any atom is -0.355 e. The van der Waals surface area contributed by atoms with Crippen LogP contribution in [-0.2, 0) is 21.7 Å². The summed E-state index contributed by atoms with van der Waals surface area (Å²) >= 11 is 5.70. The monoisotopic (exact) mass is 1080 g/mol. The van der Waals surface area contributed by atoms with Gasteiger partial charge in [-0.25, -0.2) is 0 Å². The summed E-state index contributed by atoms with van der Waals surface area (Å²) in [5.41, 5.74) is 18.5. The van der Waals surface area contributed by atoms with E-state index < -0.39 is 0 Å². The molecule has 79 heavy (non-hydrogen) atoms. The topological polar surface area (TPSA) is 20.2 Å². The van der Waals surface area contributed by atoms with Crippen LogP contribution in [0.4, 0.5) is 28.4 Å². The fourth-order valence-corrected chi connectivity index (χ4v) is 15.5. The van der Waals surface area contributed by atoms with E-state index in [0.29, 0.717) is 0 Å². The molecular formula is C72H65BN3S3. The van der Waals surface area contributed by atoms with Crippen LogP contribution in [-0.4, -0.2) is 11.8 Å². The summed E-state index contributed by atoms with van der Waals surface area (Å²) in [7, 11) is 2.52. The minimum absolute atomic E-state index is 0.0131. The molecule has 1 aliphatic heterocycles. The van der Waals surface area contributed by atoms with Crippen LogP contribution < -0.4 is 20.5 Å². The van der Waals surface area contributed by atoms with E-state index in [2.05, 4.69) is 275 Å². The Morgan fingerprint density at radius 2 is 0.924 bits per heavy atom. The number of rotatable bonds is 6. The third kappa shape index (κ3) is 8.32. The molecular weight excluding hydrogens is 1010 g/mol. The van der Waals surface area contributed by atoms with Crippen molar-refractivity contribution in [2.24, 2.45) is 0 Å². The van der Waals surface area contributed by atoms with Gasteiger partial charge in [0, 0.05) is 101 Å². The molecule has 1 N–H and O–H groups in total. The standard InChI is InChI=1S/C72H65BN3S3/c1-69(2,3)41-17-24-45(25-18-41)74-58-39-63-56(54-36-48(30-34-61(54)78-63)75(46-26-19-42(20-27-46)70(4,5)6)47-28-21-43(22-29-47)71(7,8)9)37-52(58)50-31-32-51-53-38-55-49-15-13-14-16-60(49)77-64(55)40-59(53)76-66(51)65(50)73-68-67(76)57-35-44(72(10,11)12)23-33-62(57)79-68/h13-40,74H,1-12H3. The van der Waals surface area contributed by atoms with Gasteiger partial charge < -0.3 is 14.8 Å². The molecule has 0 amide bonds. The number of hydrogen-bond donors (Lipinski definition) is 1. The SMILES string of the molecule is CC(C)(C)c1ccc(Nc2cc3sc4ccc(N(c5ccc(C(C)(C)C)cc5)c5ccc(C(C)(C)C)cc5)cc4c3cc2-c2ccc3c4cc5c(cc4n4c3c2[B]c2sc3ccc(C(C)(C)C)cc3c2-4)sc2ccccc25)cc1. The number of thiophene rings is 3. The molecule has 5 heterocycles. The highest BCUT2D eigenvalue weighted by Crippen LogP contribution is 2.48. The first-order chi connectivity index (χ1) is 37.6. The lowest BCUT2D eigenvalue weighted by Crippen LogP contribution is -2.35. The van der Waals surface area contributed by atoms with Crippen LogP contribution in [0.5, 0.6) is 0 Å². The van der Waals surface area contributed by atoms with E-state index >= 15 is 0 Å². The molecule has 389 valence electrons. The molecule has 0 saturated carbocycles. The molecule has 13 aromatic rings. The average Bonchev–Trinajstić information content (AvgIpc) is 4.38. The van der Waals surface area contributed by atoms with Crippen molar-refractivity contribution in [3.05, 3.63) is 192 Å². The Morgan fingerprint density at radius 1 is 0.392 bits per heavy atom. The molecule has 0 aliphatic carbocycles. The molecule has 14 rings (SSSR count). The number of benzene rings is 9. The van der Waals surface area contributed by atoms with Crippen molar-refractivity contribution in [2.45, 2.75) is 105 Å². The fourth-order valence-electron chi connectivity index (χ4n) is 12.1. The molecule has 0 unspecified atom stereocenters. The van der Waals surface area contributed by atoms with Crippen LogP contribution in [0.3, 0.4) is 0 Å². The first-order valence-electron chi connectivity index (χ1n) is 27.9. The summed E-state index contributed by atoms with van der Waals surface area (Å²) in [5.74, 6) is 0. The fraction of sp³-hybridized carbons (Fsp3) is 0.222. The third-order valence-corrected chi connectivity index (χ3v) is 20.0. The maximum absolute atomic E-state index is 4.03. The highest BCUT2D eigenvalue weighted by molar-refractivity contribution is 7.29. The number of hydrogen-bond acceptors (Lipinski definition) is 5. The van der Waals surface area contributed by atoms with Gasteiger partial charge in [-0.3, -0.25) is 0 Å². The van der Waals surface area contributed by atoms with Crippen molar-refractivity contribution >= 4 is 152 Å². The van der Waals surface area contributed by atoms with E-state index in [1.807, 2.05) is 34.0 Å². The number of fused-ring (bicyclic) bond motifs is 13. The molecule has 0 bridgehead atoms. The first-order valence-corrected chi connectivity index (χ1v) is 30.3. The van der Waals surface area contributed by atoms with Gasteiger partial charge in [-0.05, 0) is 157 Å². The summed E-state index contributed by atoms with van der Waals surface area (Å²) in [5, 5.41) is 13.1. The van der Waals surface area contributed by atoms with E-state index in [1.165, 1.54) is 122 Å². The van der Waals surface area contributed by atoms with Crippen LogP contribution in [0.2, 0.25) is 0 Å². The molecule has 9 aromatic carbocycles. The zero-order chi connectivity index (χ0) is 54.7. The highest BCUT2D eigenvalue weighted by Gasteiger charge is 2.31. The predicted molar refractivity (Wildman–Crippen MR) is 352 cm³/mol. The Morgan fingerprint density at radius 3 is 1.57 bits per heavy atom. The van der Waals surface area contributed by atoms with E-state index in [1.54, 1.807) is 0 Å². The van der Waals surface area contributed by atoms with Crippen molar-refractivity contribution in [3.8, 4) is 16.8 Å². The Kier molecular flexibility index (Phi) is 11.2. The third-order valence-electron chi connectivity index (χ3n) is 16.7. The van der Waals surface area contributed by atoms with E-state index in [0.717, 1.165) is 28.4 Å². The molecule has 4 aromatic heterocycles. The summed E-state index contributed by atoms with van der Waals surface area (Å²) in [6, 6.07) is 65.4. The highest BCUT2D eigenvalue weighted by atomic mass is 32.1. The summed E-state index contributed by atoms with van der Waals surface area (Å²) < 4.78 is 10.4. The first kappa shape index (κ1) is 50.1. The summed E-state index contributed by atoms with van der Waals surface area (Å²) in [6.45, 7) is 27.6. The lowest BCUT2D eigenvalue weighted by Gasteiger charge is -2.28. The second kappa shape index (κ2) is 17.7. The van der Waals surface area contributed by atoms with Crippen LogP contribution >= 0.6 is 34.0 Å². The van der Waals surface area contributed by atoms with Crippen molar-refractivity contribution in [3.63, 3.8) is 0 Å². The Bertz CT molecular complexity index is 4560. The summed E-state index contributed by atoms with van der Waals surface area (Å²) in [4.78, 5) is 2.44.